The lowest BCUT2D eigenvalue weighted by molar-refractivity contribution is -0.137. The SMILES string of the molecule is O=C(NCCOCCO)c1cc(C(F)(F)F)ccc1Br. The van der Waals surface area contributed by atoms with Crippen LogP contribution in [0.5, 0.6) is 0 Å². The Balaban J connectivity index is 2.67. The van der Waals surface area contributed by atoms with Crippen LogP contribution < -0.4 is 5.32 Å². The Hall–Kier alpha value is -1.12. The molecule has 112 valence electrons. The molecule has 0 saturated carbocycles. The molecule has 1 rings (SSSR count). The number of rotatable bonds is 6. The third-order valence-electron chi connectivity index (χ3n) is 2.31. The quantitative estimate of drug-likeness (QED) is 0.769. The van der Waals surface area contributed by atoms with Crippen LogP contribution in [0.3, 0.4) is 0 Å². The van der Waals surface area contributed by atoms with Crippen LogP contribution in [-0.4, -0.2) is 37.4 Å². The molecule has 0 radical (unpaired) electrons. The lowest BCUT2D eigenvalue weighted by Crippen LogP contribution is -2.28. The minimum Gasteiger partial charge on any atom is -0.394 e. The summed E-state index contributed by atoms with van der Waals surface area (Å²) in [4.78, 5) is 11.8. The highest BCUT2D eigenvalue weighted by Crippen LogP contribution is 2.31. The van der Waals surface area contributed by atoms with E-state index in [1.165, 1.54) is 6.07 Å². The molecule has 2 N–H and O–H groups in total. The van der Waals surface area contributed by atoms with Crippen molar-refractivity contribution in [3.8, 4) is 0 Å². The second-order valence-corrected chi connectivity index (χ2v) is 4.64. The number of hydrogen-bond donors (Lipinski definition) is 2. The highest BCUT2D eigenvalue weighted by Gasteiger charge is 2.31. The van der Waals surface area contributed by atoms with E-state index in [0.717, 1.165) is 12.1 Å². The second kappa shape index (κ2) is 7.61. The fraction of sp³-hybridized carbons (Fsp3) is 0.417. The van der Waals surface area contributed by atoms with Gasteiger partial charge in [-0.2, -0.15) is 13.2 Å². The monoisotopic (exact) mass is 355 g/mol. The molecule has 0 atom stereocenters. The van der Waals surface area contributed by atoms with Gasteiger partial charge < -0.3 is 15.2 Å². The van der Waals surface area contributed by atoms with E-state index in [2.05, 4.69) is 21.2 Å². The molecule has 8 heteroatoms. The maximum Gasteiger partial charge on any atom is 0.416 e. The topological polar surface area (TPSA) is 58.6 Å². The molecule has 0 aliphatic carbocycles. The Kier molecular flexibility index (Phi) is 6.44. The van der Waals surface area contributed by atoms with Crippen LogP contribution in [0, 0.1) is 0 Å². The number of alkyl halides is 3. The first-order valence-corrected chi connectivity index (χ1v) is 6.49. The number of benzene rings is 1. The summed E-state index contributed by atoms with van der Waals surface area (Å²) in [6.45, 7) is 0.320. The summed E-state index contributed by atoms with van der Waals surface area (Å²) < 4.78 is 42.9. The van der Waals surface area contributed by atoms with Crippen molar-refractivity contribution >= 4 is 21.8 Å². The van der Waals surface area contributed by atoms with E-state index in [9.17, 15) is 18.0 Å². The van der Waals surface area contributed by atoms with Crippen LogP contribution in [0.4, 0.5) is 13.2 Å². The summed E-state index contributed by atoms with van der Waals surface area (Å²) in [5, 5.41) is 10.9. The van der Waals surface area contributed by atoms with Crippen LogP contribution in [-0.2, 0) is 10.9 Å². The van der Waals surface area contributed by atoms with Crippen molar-refractivity contribution in [2.75, 3.05) is 26.4 Å². The minimum absolute atomic E-state index is 0.0954. The first-order valence-electron chi connectivity index (χ1n) is 5.70. The van der Waals surface area contributed by atoms with Crippen LogP contribution >= 0.6 is 15.9 Å². The minimum atomic E-state index is -4.50. The first kappa shape index (κ1) is 16.9. The fourth-order valence-corrected chi connectivity index (χ4v) is 1.80. The standard InChI is InChI=1S/C12H13BrF3NO3/c13-10-2-1-8(12(14,15)16)7-9(10)11(19)17-3-5-20-6-4-18/h1-2,7,18H,3-6H2,(H,17,19). The normalized spacial score (nSPS) is 11.4. The largest absolute Gasteiger partial charge is 0.416 e. The predicted octanol–water partition coefficient (Wildman–Crippen LogP) is 2.21. The molecule has 0 aromatic heterocycles. The van der Waals surface area contributed by atoms with Crippen LogP contribution in [0.1, 0.15) is 15.9 Å². The van der Waals surface area contributed by atoms with E-state index in [1.54, 1.807) is 0 Å². The van der Waals surface area contributed by atoms with Crippen LogP contribution in [0.2, 0.25) is 0 Å². The van der Waals surface area contributed by atoms with Gasteiger partial charge in [-0.25, -0.2) is 0 Å². The molecule has 1 amide bonds. The van der Waals surface area contributed by atoms with Gasteiger partial charge in [-0.3, -0.25) is 4.79 Å². The Morgan fingerprint density at radius 3 is 2.65 bits per heavy atom. The van der Waals surface area contributed by atoms with Crippen molar-refractivity contribution in [1.82, 2.24) is 5.32 Å². The molecule has 0 bridgehead atoms. The summed E-state index contributed by atoms with van der Waals surface area (Å²) in [6.07, 6.45) is -4.50. The van der Waals surface area contributed by atoms with Crippen molar-refractivity contribution in [2.24, 2.45) is 0 Å². The van der Waals surface area contributed by atoms with Crippen molar-refractivity contribution in [1.29, 1.82) is 0 Å². The lowest BCUT2D eigenvalue weighted by atomic mass is 10.1. The highest BCUT2D eigenvalue weighted by molar-refractivity contribution is 9.10. The Morgan fingerprint density at radius 1 is 1.35 bits per heavy atom. The molecular weight excluding hydrogens is 343 g/mol. The maximum atomic E-state index is 12.6. The summed E-state index contributed by atoms with van der Waals surface area (Å²) in [6, 6.07) is 2.86. The zero-order valence-corrected chi connectivity index (χ0v) is 11.9. The van der Waals surface area contributed by atoms with Crippen molar-refractivity contribution in [3.63, 3.8) is 0 Å². The highest BCUT2D eigenvalue weighted by atomic mass is 79.9. The molecule has 1 aromatic rings. The molecule has 20 heavy (non-hydrogen) atoms. The summed E-state index contributed by atoms with van der Waals surface area (Å²) in [5.41, 5.74) is -0.982. The predicted molar refractivity (Wildman–Crippen MR) is 69.4 cm³/mol. The van der Waals surface area contributed by atoms with E-state index in [4.69, 9.17) is 9.84 Å². The first-order chi connectivity index (χ1) is 9.36. The number of ether oxygens (including phenoxy) is 1. The number of nitrogens with one attached hydrogen (secondary N) is 1. The maximum absolute atomic E-state index is 12.6. The van der Waals surface area contributed by atoms with Gasteiger partial charge in [-0.15, -0.1) is 0 Å². The van der Waals surface area contributed by atoms with Gasteiger partial charge in [0.15, 0.2) is 0 Å². The third kappa shape index (κ3) is 5.10. The number of aliphatic hydroxyl groups excluding tert-OH is 1. The van der Waals surface area contributed by atoms with E-state index in [1.807, 2.05) is 0 Å². The van der Waals surface area contributed by atoms with E-state index >= 15 is 0 Å². The van der Waals surface area contributed by atoms with Gasteiger partial charge in [-0.1, -0.05) is 0 Å². The molecule has 0 aliphatic heterocycles. The van der Waals surface area contributed by atoms with Gasteiger partial charge in [0.25, 0.3) is 5.91 Å². The molecule has 1 aromatic carbocycles. The van der Waals surface area contributed by atoms with E-state index in [-0.39, 0.29) is 36.4 Å². The van der Waals surface area contributed by atoms with Crippen molar-refractivity contribution < 1.29 is 27.8 Å². The molecule has 4 nitrogen and oxygen atoms in total. The Bertz CT molecular complexity index is 466. The number of carbonyl (C=O) groups is 1. The van der Waals surface area contributed by atoms with E-state index < -0.39 is 17.6 Å². The summed E-state index contributed by atoms with van der Waals surface area (Å²) in [7, 11) is 0. The molecule has 0 unspecified atom stereocenters. The zero-order chi connectivity index (χ0) is 15.2. The molecular formula is C12H13BrF3NO3. The van der Waals surface area contributed by atoms with Gasteiger partial charge in [0, 0.05) is 11.0 Å². The van der Waals surface area contributed by atoms with Gasteiger partial charge in [-0.05, 0) is 34.1 Å². The number of aliphatic hydroxyl groups is 1. The lowest BCUT2D eigenvalue weighted by Gasteiger charge is -2.11. The summed E-state index contributed by atoms with van der Waals surface area (Å²) >= 11 is 3.04. The van der Waals surface area contributed by atoms with Gasteiger partial charge >= 0.3 is 6.18 Å². The Labute approximate surface area is 122 Å². The Morgan fingerprint density at radius 2 is 2.05 bits per heavy atom. The van der Waals surface area contributed by atoms with Gasteiger partial charge in [0.2, 0.25) is 0 Å². The van der Waals surface area contributed by atoms with E-state index in [0.29, 0.717) is 0 Å². The average Bonchev–Trinajstić information content (AvgIpc) is 2.37. The van der Waals surface area contributed by atoms with Gasteiger partial charge in [0.05, 0.1) is 30.9 Å². The average molecular weight is 356 g/mol. The van der Waals surface area contributed by atoms with Crippen LogP contribution in [0.25, 0.3) is 0 Å². The molecule has 0 heterocycles. The zero-order valence-electron chi connectivity index (χ0n) is 10.3. The fourth-order valence-electron chi connectivity index (χ4n) is 1.37. The van der Waals surface area contributed by atoms with Gasteiger partial charge in [0.1, 0.15) is 0 Å². The third-order valence-corrected chi connectivity index (χ3v) is 3.00. The number of halogens is 4. The smallest absolute Gasteiger partial charge is 0.394 e. The second-order valence-electron chi connectivity index (χ2n) is 3.78. The number of hydrogen-bond acceptors (Lipinski definition) is 3. The van der Waals surface area contributed by atoms with Crippen LogP contribution in [0.15, 0.2) is 22.7 Å². The molecule has 0 fully saturated rings. The molecule has 0 spiro atoms. The molecule has 0 aliphatic rings. The summed E-state index contributed by atoms with van der Waals surface area (Å²) in [5.74, 6) is -0.629. The molecule has 0 saturated heterocycles. The number of carbonyl (C=O) groups excluding carboxylic acids is 1. The van der Waals surface area contributed by atoms with Crippen molar-refractivity contribution in [2.45, 2.75) is 6.18 Å². The number of amides is 1. The van der Waals surface area contributed by atoms with Crippen molar-refractivity contribution in [3.05, 3.63) is 33.8 Å².